The number of esters is 1. The Labute approximate surface area is 163 Å². The van der Waals surface area contributed by atoms with Gasteiger partial charge in [0.05, 0.1) is 10.9 Å². The maximum Gasteiger partial charge on any atom is 0.344 e. The van der Waals surface area contributed by atoms with Crippen molar-refractivity contribution in [3.8, 4) is 5.75 Å². The number of carbonyl (C=O) groups is 1. The van der Waals surface area contributed by atoms with Gasteiger partial charge in [0, 0.05) is 0 Å². The van der Waals surface area contributed by atoms with Gasteiger partial charge < -0.3 is 14.5 Å². The summed E-state index contributed by atoms with van der Waals surface area (Å²) >= 11 is 0. The van der Waals surface area contributed by atoms with Gasteiger partial charge in [-0.15, -0.1) is 0 Å². The van der Waals surface area contributed by atoms with E-state index in [9.17, 15) is 9.59 Å². The molecule has 0 radical (unpaired) electrons. The fraction of sp³-hybridized carbons (Fsp3) is 0.318. The summed E-state index contributed by atoms with van der Waals surface area (Å²) in [4.78, 5) is 31.3. The molecule has 0 spiro atoms. The van der Waals surface area contributed by atoms with Crippen LogP contribution in [0, 0.1) is 0 Å². The minimum absolute atomic E-state index is 0.0522. The molecule has 0 fully saturated rings. The van der Waals surface area contributed by atoms with Crippen LogP contribution in [0.5, 0.6) is 5.75 Å². The van der Waals surface area contributed by atoms with Crippen LogP contribution in [-0.2, 0) is 14.9 Å². The van der Waals surface area contributed by atoms with Gasteiger partial charge in [0.1, 0.15) is 5.75 Å². The van der Waals surface area contributed by atoms with E-state index in [2.05, 4.69) is 30.7 Å². The van der Waals surface area contributed by atoms with Gasteiger partial charge in [-0.3, -0.25) is 4.79 Å². The molecule has 1 N–H and O–H groups in total. The smallest absolute Gasteiger partial charge is 0.344 e. The molecule has 0 aliphatic carbocycles. The van der Waals surface area contributed by atoms with Crippen LogP contribution >= 0.6 is 0 Å². The quantitative estimate of drug-likeness (QED) is 0.679. The number of aromatic nitrogens is 2. The largest absolute Gasteiger partial charge is 0.482 e. The first kappa shape index (κ1) is 19.6. The zero-order valence-corrected chi connectivity index (χ0v) is 16.5. The van der Waals surface area contributed by atoms with E-state index in [4.69, 9.17) is 9.47 Å². The predicted octanol–water partition coefficient (Wildman–Crippen LogP) is 3.90. The van der Waals surface area contributed by atoms with Crippen LogP contribution in [0.1, 0.15) is 45.2 Å². The van der Waals surface area contributed by atoms with Gasteiger partial charge in [0.25, 0.3) is 5.56 Å². The first-order chi connectivity index (χ1) is 13.2. The first-order valence-corrected chi connectivity index (χ1v) is 9.16. The van der Waals surface area contributed by atoms with Crippen molar-refractivity contribution >= 4 is 16.9 Å². The van der Waals surface area contributed by atoms with Crippen molar-refractivity contribution in [2.24, 2.45) is 0 Å². The van der Waals surface area contributed by atoms with Gasteiger partial charge >= 0.3 is 5.97 Å². The Morgan fingerprint density at radius 2 is 1.79 bits per heavy atom. The molecule has 1 aromatic heterocycles. The second-order valence-corrected chi connectivity index (χ2v) is 7.66. The zero-order chi connectivity index (χ0) is 20.3. The van der Waals surface area contributed by atoms with E-state index in [1.165, 1.54) is 5.56 Å². The molecule has 1 heterocycles. The fourth-order valence-corrected chi connectivity index (χ4v) is 2.78. The number of benzene rings is 2. The van der Waals surface area contributed by atoms with E-state index < -0.39 is 12.1 Å². The maximum absolute atomic E-state index is 12.1. The molecule has 28 heavy (non-hydrogen) atoms. The molecular weight excluding hydrogens is 356 g/mol. The maximum atomic E-state index is 12.1. The van der Waals surface area contributed by atoms with E-state index >= 15 is 0 Å². The van der Waals surface area contributed by atoms with E-state index in [1.54, 1.807) is 31.2 Å². The summed E-state index contributed by atoms with van der Waals surface area (Å²) < 4.78 is 10.8. The molecule has 146 valence electrons. The molecule has 0 amide bonds. The molecule has 0 aliphatic heterocycles. The van der Waals surface area contributed by atoms with Crippen LogP contribution in [0.3, 0.4) is 0 Å². The number of aromatic amines is 1. The number of nitrogens with one attached hydrogen (secondary N) is 1. The molecule has 0 aliphatic rings. The van der Waals surface area contributed by atoms with Gasteiger partial charge in [0.2, 0.25) is 0 Å². The minimum atomic E-state index is -0.698. The summed E-state index contributed by atoms with van der Waals surface area (Å²) in [7, 11) is 0. The summed E-state index contributed by atoms with van der Waals surface area (Å²) in [6.07, 6.45) is -0.698. The lowest BCUT2D eigenvalue weighted by Gasteiger charge is -2.19. The number of hydrogen-bond acceptors (Lipinski definition) is 5. The monoisotopic (exact) mass is 380 g/mol. The molecule has 0 saturated carbocycles. The number of nitrogens with zero attached hydrogens (tertiary/aromatic N) is 1. The Morgan fingerprint density at radius 3 is 2.46 bits per heavy atom. The van der Waals surface area contributed by atoms with Crippen molar-refractivity contribution in [1.29, 1.82) is 0 Å². The Kier molecular flexibility index (Phi) is 5.49. The number of para-hydroxylation sites is 1. The van der Waals surface area contributed by atoms with Crippen molar-refractivity contribution in [3.63, 3.8) is 0 Å². The minimum Gasteiger partial charge on any atom is -0.482 e. The highest BCUT2D eigenvalue weighted by molar-refractivity contribution is 5.77. The highest BCUT2D eigenvalue weighted by Gasteiger charge is 2.17. The van der Waals surface area contributed by atoms with Crippen molar-refractivity contribution in [3.05, 3.63) is 70.3 Å². The number of rotatable bonds is 5. The fourth-order valence-electron chi connectivity index (χ4n) is 2.78. The Hall–Kier alpha value is -3.15. The summed E-state index contributed by atoms with van der Waals surface area (Å²) in [6.45, 7) is 7.83. The Bertz CT molecular complexity index is 1030. The SMILES string of the molecule is C[C@@H](OC(=O)COc1ccc(C(C)(C)C)cc1)c1nc2ccccc2c(=O)[nH]1. The van der Waals surface area contributed by atoms with Gasteiger partial charge in [-0.25, -0.2) is 9.78 Å². The molecule has 0 unspecified atom stereocenters. The number of hydrogen-bond donors (Lipinski definition) is 1. The summed E-state index contributed by atoms with van der Waals surface area (Å²) in [6, 6.07) is 14.6. The Balaban J connectivity index is 1.61. The van der Waals surface area contributed by atoms with Gasteiger partial charge in [0.15, 0.2) is 18.5 Å². The Morgan fingerprint density at radius 1 is 1.11 bits per heavy atom. The van der Waals surface area contributed by atoms with E-state index in [-0.39, 0.29) is 17.6 Å². The number of H-pyrrole nitrogens is 1. The number of fused-ring (bicyclic) bond motifs is 1. The van der Waals surface area contributed by atoms with Crippen LogP contribution in [0.4, 0.5) is 0 Å². The topological polar surface area (TPSA) is 81.3 Å². The van der Waals surface area contributed by atoms with Crippen molar-refractivity contribution in [2.45, 2.75) is 39.2 Å². The predicted molar refractivity (Wildman–Crippen MR) is 108 cm³/mol. The second-order valence-electron chi connectivity index (χ2n) is 7.66. The highest BCUT2D eigenvalue weighted by Crippen LogP contribution is 2.24. The number of ether oxygens (including phenoxy) is 2. The molecule has 2 aromatic carbocycles. The van der Waals surface area contributed by atoms with E-state index in [0.717, 1.165) is 0 Å². The molecule has 3 aromatic rings. The van der Waals surface area contributed by atoms with Crippen LogP contribution in [0.15, 0.2) is 53.3 Å². The molecule has 3 rings (SSSR count). The molecule has 6 nitrogen and oxygen atoms in total. The lowest BCUT2D eigenvalue weighted by Crippen LogP contribution is -2.20. The molecule has 1 atom stereocenters. The molecule has 0 saturated heterocycles. The normalized spacial score (nSPS) is 12.6. The van der Waals surface area contributed by atoms with Gasteiger partial charge in [-0.05, 0) is 42.2 Å². The lowest BCUT2D eigenvalue weighted by atomic mass is 9.87. The second kappa shape index (κ2) is 7.84. The zero-order valence-electron chi connectivity index (χ0n) is 16.5. The molecule has 0 bridgehead atoms. The lowest BCUT2D eigenvalue weighted by molar-refractivity contribution is -0.151. The van der Waals surface area contributed by atoms with E-state index in [0.29, 0.717) is 22.5 Å². The van der Waals surface area contributed by atoms with Crippen molar-refractivity contribution < 1.29 is 14.3 Å². The third-order valence-corrected chi connectivity index (χ3v) is 4.40. The van der Waals surface area contributed by atoms with Crippen LogP contribution in [0.25, 0.3) is 10.9 Å². The standard InChI is InChI=1S/C22H24N2O4/c1-14(20-23-18-8-6-5-7-17(18)21(26)24-20)28-19(25)13-27-16-11-9-15(10-12-16)22(2,3)4/h5-12,14H,13H2,1-4H3,(H,23,24,26)/t14-/m1/s1. The van der Waals surface area contributed by atoms with Gasteiger partial charge in [-0.2, -0.15) is 0 Å². The summed E-state index contributed by atoms with van der Waals surface area (Å²) in [5, 5.41) is 0.492. The highest BCUT2D eigenvalue weighted by atomic mass is 16.6. The molecular formula is C22H24N2O4. The van der Waals surface area contributed by atoms with Crippen molar-refractivity contribution in [2.75, 3.05) is 6.61 Å². The number of carbonyl (C=O) groups excluding carboxylic acids is 1. The summed E-state index contributed by atoms with van der Waals surface area (Å²) in [5.74, 6) is 0.352. The first-order valence-electron chi connectivity index (χ1n) is 9.16. The third-order valence-electron chi connectivity index (χ3n) is 4.40. The summed E-state index contributed by atoms with van der Waals surface area (Å²) in [5.41, 5.74) is 1.52. The van der Waals surface area contributed by atoms with Crippen LogP contribution < -0.4 is 10.3 Å². The van der Waals surface area contributed by atoms with Gasteiger partial charge in [-0.1, -0.05) is 45.0 Å². The molecule has 6 heteroatoms. The average Bonchev–Trinajstić information content (AvgIpc) is 2.66. The van der Waals surface area contributed by atoms with Crippen molar-refractivity contribution in [1.82, 2.24) is 9.97 Å². The average molecular weight is 380 g/mol. The third kappa shape index (κ3) is 4.57. The van der Waals surface area contributed by atoms with Crippen LogP contribution in [-0.4, -0.2) is 22.5 Å². The van der Waals surface area contributed by atoms with Crippen LogP contribution in [0.2, 0.25) is 0 Å². The van der Waals surface area contributed by atoms with E-state index in [1.807, 2.05) is 24.3 Å².